The van der Waals surface area contributed by atoms with E-state index in [4.69, 9.17) is 11.6 Å². The first-order valence-corrected chi connectivity index (χ1v) is 9.85. The van der Waals surface area contributed by atoms with Crippen molar-refractivity contribution in [1.82, 2.24) is 9.88 Å². The minimum atomic E-state index is -0.606. The van der Waals surface area contributed by atoms with Crippen LogP contribution in [0.3, 0.4) is 0 Å². The molecule has 142 valence electrons. The topological polar surface area (TPSA) is 54.3 Å². The predicted molar refractivity (Wildman–Crippen MR) is 110 cm³/mol. The second-order valence-electron chi connectivity index (χ2n) is 7.59. The highest BCUT2D eigenvalue weighted by Gasteiger charge is 2.53. The van der Waals surface area contributed by atoms with Crippen LogP contribution in [0.4, 0.5) is 5.69 Å². The number of amides is 2. The van der Waals surface area contributed by atoms with Crippen LogP contribution < -0.4 is 10.2 Å². The largest absolute Gasteiger partial charge is 0.340 e. The van der Waals surface area contributed by atoms with Gasteiger partial charge in [-0.25, -0.2) is 4.90 Å². The van der Waals surface area contributed by atoms with E-state index in [1.807, 2.05) is 54.1 Å². The molecular formula is C22H20ClN3O2. The molecule has 2 aliphatic heterocycles. The number of anilines is 1. The monoisotopic (exact) mass is 393 g/mol. The van der Waals surface area contributed by atoms with Crippen molar-refractivity contribution in [2.45, 2.75) is 18.3 Å². The number of hydrogen-bond donors (Lipinski definition) is 1. The third-order valence-corrected chi connectivity index (χ3v) is 6.39. The third kappa shape index (κ3) is 2.30. The zero-order valence-corrected chi connectivity index (χ0v) is 16.3. The minimum absolute atomic E-state index is 0.108. The number of aromatic nitrogens is 1. The van der Waals surface area contributed by atoms with Gasteiger partial charge in [-0.1, -0.05) is 29.8 Å². The van der Waals surface area contributed by atoms with Gasteiger partial charge in [-0.05, 0) is 61.8 Å². The average Bonchev–Trinajstić information content (AvgIpc) is 3.15. The Hall–Kier alpha value is -2.63. The number of carbonyl (C=O) groups excluding carboxylic acids is 2. The van der Waals surface area contributed by atoms with Crippen LogP contribution >= 0.6 is 11.6 Å². The zero-order chi connectivity index (χ0) is 19.5. The van der Waals surface area contributed by atoms with E-state index in [1.165, 1.54) is 4.90 Å². The lowest BCUT2D eigenvalue weighted by Crippen LogP contribution is -2.49. The molecule has 2 amide bonds. The van der Waals surface area contributed by atoms with Gasteiger partial charge in [0.1, 0.15) is 5.69 Å². The van der Waals surface area contributed by atoms with Gasteiger partial charge in [-0.3, -0.25) is 9.59 Å². The molecule has 2 aliphatic rings. The Balaban J connectivity index is 1.64. The molecule has 28 heavy (non-hydrogen) atoms. The van der Waals surface area contributed by atoms with Gasteiger partial charge in [0, 0.05) is 23.0 Å². The van der Waals surface area contributed by atoms with Crippen LogP contribution in [-0.4, -0.2) is 29.5 Å². The van der Waals surface area contributed by atoms with E-state index < -0.39 is 5.41 Å². The van der Waals surface area contributed by atoms with Gasteiger partial charge in [0.05, 0.1) is 11.1 Å². The van der Waals surface area contributed by atoms with Crippen LogP contribution in [-0.2, 0) is 17.3 Å². The third-order valence-electron chi connectivity index (χ3n) is 6.16. The fraction of sp³-hybridized carbons (Fsp3) is 0.273. The van der Waals surface area contributed by atoms with Gasteiger partial charge in [0.25, 0.3) is 5.91 Å². The molecule has 0 saturated carbocycles. The number of nitrogens with zero attached hydrogens (tertiary/aromatic N) is 2. The maximum Gasteiger partial charge on any atom is 0.281 e. The van der Waals surface area contributed by atoms with Gasteiger partial charge in [-0.2, -0.15) is 0 Å². The Bertz CT molecular complexity index is 1130. The lowest BCUT2D eigenvalue weighted by Gasteiger charge is -2.32. The molecule has 6 heteroatoms. The first kappa shape index (κ1) is 17.5. The Morgan fingerprint density at radius 2 is 1.86 bits per heavy atom. The molecule has 2 aromatic carbocycles. The lowest BCUT2D eigenvalue weighted by molar-refractivity contribution is -0.123. The molecule has 5 nitrogen and oxygen atoms in total. The van der Waals surface area contributed by atoms with E-state index in [0.717, 1.165) is 29.6 Å². The number of para-hydroxylation sites is 1. The number of piperidine rings is 1. The van der Waals surface area contributed by atoms with Crippen LogP contribution in [0.15, 0.2) is 48.5 Å². The molecule has 1 fully saturated rings. The minimum Gasteiger partial charge on any atom is -0.340 e. The summed E-state index contributed by atoms with van der Waals surface area (Å²) in [4.78, 5) is 28.5. The lowest BCUT2D eigenvalue weighted by atomic mass is 9.74. The number of rotatable bonds is 1. The SMILES string of the molecule is Cn1c(C(=O)N2C(=O)C3(CCNCC3)c3ccccc32)cc2cc(Cl)ccc21. The standard InChI is InChI=1S/C22H20ClN3O2/c1-25-17-7-6-15(23)12-14(17)13-19(25)20(27)26-18-5-3-2-4-16(18)22(21(26)28)8-10-24-11-9-22/h2-7,12-13,24H,8-11H2,1H3. The quantitative estimate of drug-likeness (QED) is 0.642. The second kappa shape index (κ2) is 6.19. The van der Waals surface area contributed by atoms with Gasteiger partial charge < -0.3 is 9.88 Å². The molecule has 1 spiro atoms. The van der Waals surface area contributed by atoms with Gasteiger partial charge in [0.2, 0.25) is 5.91 Å². The molecule has 3 heterocycles. The first-order valence-electron chi connectivity index (χ1n) is 9.47. The Morgan fingerprint density at radius 1 is 1.11 bits per heavy atom. The molecule has 1 aromatic heterocycles. The van der Waals surface area contributed by atoms with Crippen molar-refractivity contribution in [1.29, 1.82) is 0 Å². The smallest absolute Gasteiger partial charge is 0.281 e. The summed E-state index contributed by atoms with van der Waals surface area (Å²) in [5, 5.41) is 4.83. The fourth-order valence-corrected chi connectivity index (χ4v) is 4.87. The summed E-state index contributed by atoms with van der Waals surface area (Å²) in [6.07, 6.45) is 1.41. The summed E-state index contributed by atoms with van der Waals surface area (Å²) >= 11 is 6.11. The second-order valence-corrected chi connectivity index (χ2v) is 8.02. The highest BCUT2D eigenvalue weighted by Crippen LogP contribution is 2.47. The number of imide groups is 1. The van der Waals surface area contributed by atoms with Gasteiger partial charge in [0.15, 0.2) is 0 Å². The van der Waals surface area contributed by atoms with E-state index in [0.29, 0.717) is 29.2 Å². The highest BCUT2D eigenvalue weighted by molar-refractivity contribution is 6.31. The Morgan fingerprint density at radius 3 is 2.64 bits per heavy atom. The number of hydrogen-bond acceptors (Lipinski definition) is 3. The summed E-state index contributed by atoms with van der Waals surface area (Å²) in [6.45, 7) is 1.54. The average molecular weight is 394 g/mol. The molecule has 1 N–H and O–H groups in total. The Kier molecular flexibility index (Phi) is 3.86. The maximum absolute atomic E-state index is 13.6. The van der Waals surface area contributed by atoms with E-state index >= 15 is 0 Å². The molecule has 5 rings (SSSR count). The normalized spacial score (nSPS) is 18.1. The molecule has 0 radical (unpaired) electrons. The summed E-state index contributed by atoms with van der Waals surface area (Å²) in [5.74, 6) is -0.397. The highest BCUT2D eigenvalue weighted by atomic mass is 35.5. The molecule has 0 atom stereocenters. The molecule has 3 aromatic rings. The maximum atomic E-state index is 13.6. The summed E-state index contributed by atoms with van der Waals surface area (Å²) in [7, 11) is 1.84. The van der Waals surface area contributed by atoms with Crippen molar-refractivity contribution in [3.05, 3.63) is 64.8 Å². The van der Waals surface area contributed by atoms with Crippen LogP contribution in [0.2, 0.25) is 5.02 Å². The summed E-state index contributed by atoms with van der Waals surface area (Å²) in [5.41, 5.74) is 2.46. The van der Waals surface area contributed by atoms with Crippen molar-refractivity contribution >= 4 is 40.0 Å². The van der Waals surface area contributed by atoms with E-state index in [2.05, 4.69) is 5.32 Å². The van der Waals surface area contributed by atoms with Gasteiger partial charge in [-0.15, -0.1) is 0 Å². The van der Waals surface area contributed by atoms with Gasteiger partial charge >= 0.3 is 0 Å². The molecule has 1 saturated heterocycles. The van der Waals surface area contributed by atoms with Crippen LogP contribution in [0.1, 0.15) is 28.9 Å². The van der Waals surface area contributed by atoms with Crippen molar-refractivity contribution in [2.75, 3.05) is 18.0 Å². The van der Waals surface area contributed by atoms with Crippen LogP contribution in [0.5, 0.6) is 0 Å². The number of halogens is 1. The van der Waals surface area contributed by atoms with E-state index in [-0.39, 0.29) is 11.8 Å². The number of fused-ring (bicyclic) bond motifs is 3. The predicted octanol–water partition coefficient (Wildman–Crippen LogP) is 3.64. The molecule has 0 bridgehead atoms. The molecule has 0 unspecified atom stereocenters. The number of nitrogens with one attached hydrogen (secondary N) is 1. The fourth-order valence-electron chi connectivity index (χ4n) is 4.69. The van der Waals surface area contributed by atoms with Crippen molar-refractivity contribution < 1.29 is 9.59 Å². The Labute approximate surface area is 167 Å². The number of carbonyl (C=O) groups is 2. The van der Waals surface area contributed by atoms with Crippen LogP contribution in [0, 0.1) is 0 Å². The van der Waals surface area contributed by atoms with Crippen molar-refractivity contribution in [2.24, 2.45) is 7.05 Å². The number of benzene rings is 2. The molecule has 0 aliphatic carbocycles. The number of aryl methyl sites for hydroxylation is 1. The summed E-state index contributed by atoms with van der Waals surface area (Å²) in [6, 6.07) is 15.0. The zero-order valence-electron chi connectivity index (χ0n) is 15.5. The van der Waals surface area contributed by atoms with E-state index in [1.54, 1.807) is 6.07 Å². The molecular weight excluding hydrogens is 374 g/mol. The van der Waals surface area contributed by atoms with E-state index in [9.17, 15) is 9.59 Å². The summed E-state index contributed by atoms with van der Waals surface area (Å²) < 4.78 is 1.83. The van der Waals surface area contributed by atoms with Crippen molar-refractivity contribution in [3.8, 4) is 0 Å². The van der Waals surface area contributed by atoms with Crippen LogP contribution in [0.25, 0.3) is 10.9 Å². The van der Waals surface area contributed by atoms with Crippen molar-refractivity contribution in [3.63, 3.8) is 0 Å². The first-order chi connectivity index (χ1) is 13.5.